The average molecular weight is 258 g/mol. The third-order valence-corrected chi connectivity index (χ3v) is 7.48. The molecular formula is C16H22OSi. The molecule has 3 aliphatic rings. The second-order valence-corrected chi connectivity index (χ2v) is 12.4. The van der Waals surface area contributed by atoms with Crippen molar-refractivity contribution in [2.75, 3.05) is 0 Å². The first kappa shape index (κ1) is 12.2. The summed E-state index contributed by atoms with van der Waals surface area (Å²) < 4.78 is 0. The maximum atomic E-state index is 12.6. The molecule has 96 valence electrons. The third-order valence-electron chi connectivity index (χ3n) is 5.49. The van der Waals surface area contributed by atoms with Gasteiger partial charge in [0, 0.05) is 16.4 Å². The Morgan fingerprint density at radius 1 is 1.28 bits per heavy atom. The molecule has 1 unspecified atom stereocenters. The van der Waals surface area contributed by atoms with Gasteiger partial charge in [0.25, 0.3) is 0 Å². The molecule has 0 N–H and O–H groups in total. The van der Waals surface area contributed by atoms with Gasteiger partial charge in [0.05, 0.1) is 8.07 Å². The lowest BCUT2D eigenvalue weighted by Crippen LogP contribution is -2.29. The molecule has 1 saturated carbocycles. The van der Waals surface area contributed by atoms with E-state index in [9.17, 15) is 4.79 Å². The summed E-state index contributed by atoms with van der Waals surface area (Å²) in [6, 6.07) is 0. The van der Waals surface area contributed by atoms with E-state index in [1.165, 1.54) is 24.0 Å². The molecule has 0 radical (unpaired) electrons. The van der Waals surface area contributed by atoms with E-state index in [-0.39, 0.29) is 16.6 Å². The highest BCUT2D eigenvalue weighted by Gasteiger charge is 2.67. The quantitative estimate of drug-likeness (QED) is 0.512. The summed E-state index contributed by atoms with van der Waals surface area (Å²) in [6.07, 6.45) is 4.76. The van der Waals surface area contributed by atoms with Crippen molar-refractivity contribution in [2.45, 2.75) is 46.3 Å². The van der Waals surface area contributed by atoms with Crippen LogP contribution in [0.25, 0.3) is 0 Å². The van der Waals surface area contributed by atoms with E-state index in [1.807, 2.05) is 0 Å². The van der Waals surface area contributed by atoms with E-state index in [1.54, 1.807) is 0 Å². The molecule has 0 aromatic rings. The van der Waals surface area contributed by atoms with Gasteiger partial charge in [0.2, 0.25) is 0 Å². The predicted molar refractivity (Wildman–Crippen MR) is 78.1 cm³/mol. The molecule has 0 heterocycles. The van der Waals surface area contributed by atoms with E-state index in [4.69, 9.17) is 0 Å². The molecule has 2 heteroatoms. The molecule has 0 amide bonds. The highest BCUT2D eigenvalue weighted by molar-refractivity contribution is 6.88. The Morgan fingerprint density at radius 2 is 1.83 bits per heavy atom. The first-order valence-corrected chi connectivity index (χ1v) is 10.3. The second kappa shape index (κ2) is 2.98. The number of carbonyl (C=O) groups excluding carboxylic acids is 1. The van der Waals surface area contributed by atoms with E-state index < -0.39 is 8.07 Å². The lowest BCUT2D eigenvalue weighted by atomic mass is 9.69. The zero-order chi connectivity index (χ0) is 13.5. The van der Waals surface area contributed by atoms with Gasteiger partial charge < -0.3 is 0 Å². The van der Waals surface area contributed by atoms with Gasteiger partial charge in [-0.15, -0.1) is 0 Å². The lowest BCUT2D eigenvalue weighted by Gasteiger charge is -2.32. The maximum Gasteiger partial charge on any atom is 0.181 e. The summed E-state index contributed by atoms with van der Waals surface area (Å²) in [5.74, 6) is 0.265. The van der Waals surface area contributed by atoms with Crippen LogP contribution in [0.2, 0.25) is 19.6 Å². The highest BCUT2D eigenvalue weighted by Crippen LogP contribution is 2.74. The Balaban J connectivity index is 2.31. The van der Waals surface area contributed by atoms with Crippen LogP contribution in [0, 0.1) is 10.8 Å². The van der Waals surface area contributed by atoms with E-state index in [0.29, 0.717) is 0 Å². The largest absolute Gasteiger partial charge is 0.290 e. The van der Waals surface area contributed by atoms with Gasteiger partial charge in [-0.2, -0.15) is 0 Å². The van der Waals surface area contributed by atoms with E-state index >= 15 is 0 Å². The topological polar surface area (TPSA) is 17.1 Å². The minimum atomic E-state index is -1.60. The Kier molecular flexibility index (Phi) is 2.01. The zero-order valence-electron chi connectivity index (χ0n) is 12.1. The number of allylic oxidation sites excluding steroid dienone is 5. The van der Waals surface area contributed by atoms with Crippen LogP contribution in [-0.4, -0.2) is 13.9 Å². The fraction of sp³-hybridized carbons (Fsp3) is 0.562. The van der Waals surface area contributed by atoms with Gasteiger partial charge in [-0.3, -0.25) is 4.79 Å². The number of hydrogen-bond donors (Lipinski definition) is 0. The molecule has 3 rings (SSSR count). The molecule has 0 aromatic carbocycles. The highest BCUT2D eigenvalue weighted by atomic mass is 28.3. The van der Waals surface area contributed by atoms with Crippen molar-refractivity contribution in [2.24, 2.45) is 10.8 Å². The molecule has 0 bridgehead atoms. The number of fused-ring (bicyclic) bond motifs is 2. The summed E-state index contributed by atoms with van der Waals surface area (Å²) >= 11 is 0. The summed E-state index contributed by atoms with van der Waals surface area (Å²) in [4.78, 5) is 12.6. The molecule has 0 saturated heterocycles. The fourth-order valence-corrected chi connectivity index (χ4v) is 6.15. The number of hydrogen-bond acceptors (Lipinski definition) is 1. The van der Waals surface area contributed by atoms with Crippen LogP contribution in [0.5, 0.6) is 0 Å². The first-order valence-electron chi connectivity index (χ1n) is 6.84. The van der Waals surface area contributed by atoms with Crippen molar-refractivity contribution in [3.05, 3.63) is 34.6 Å². The van der Waals surface area contributed by atoms with Gasteiger partial charge in [-0.1, -0.05) is 44.8 Å². The molecular weight excluding hydrogens is 236 g/mol. The van der Waals surface area contributed by atoms with Crippen LogP contribution in [0.4, 0.5) is 0 Å². The molecule has 1 spiro atoms. The molecule has 0 aromatic heterocycles. The number of ketones is 1. The fourth-order valence-electron chi connectivity index (χ4n) is 4.19. The van der Waals surface area contributed by atoms with Crippen molar-refractivity contribution in [3.8, 4) is 0 Å². The van der Waals surface area contributed by atoms with Crippen molar-refractivity contribution < 1.29 is 4.79 Å². The Morgan fingerprint density at radius 3 is 2.28 bits per heavy atom. The van der Waals surface area contributed by atoms with Crippen LogP contribution >= 0.6 is 0 Å². The summed E-state index contributed by atoms with van der Waals surface area (Å²) in [5.41, 5.74) is 3.83. The van der Waals surface area contributed by atoms with Gasteiger partial charge >= 0.3 is 0 Å². The average Bonchev–Trinajstić information content (AvgIpc) is 2.97. The van der Waals surface area contributed by atoms with Crippen LogP contribution in [0.1, 0.15) is 26.7 Å². The van der Waals surface area contributed by atoms with Crippen LogP contribution in [-0.2, 0) is 4.79 Å². The van der Waals surface area contributed by atoms with E-state index in [2.05, 4.69) is 46.1 Å². The summed E-state index contributed by atoms with van der Waals surface area (Å²) in [6.45, 7) is 15.5. The number of carbonyl (C=O) groups is 1. The van der Waals surface area contributed by atoms with Crippen molar-refractivity contribution in [1.29, 1.82) is 0 Å². The normalized spacial score (nSPS) is 33.3. The second-order valence-electron chi connectivity index (χ2n) is 7.38. The van der Waals surface area contributed by atoms with E-state index in [0.717, 1.165) is 10.8 Å². The SMILES string of the molecule is C=C1C(=O)C([Si](C)(C)C)=C2C=C(C)C3(CC3)C12C. The standard InChI is InChI=1S/C16H22OSi/c1-10-9-12-14(18(4,5)6)13(17)11(2)15(12,3)16(10)7-8-16/h9H,2,7-8H2,1,3-6H3. The number of Topliss-reactive ketones (excluding diaryl/α,β-unsaturated/α-hetero) is 1. The minimum absolute atomic E-state index is 0.0796. The molecule has 18 heavy (non-hydrogen) atoms. The van der Waals surface area contributed by atoms with Crippen molar-refractivity contribution >= 4 is 13.9 Å². The summed E-state index contributed by atoms with van der Waals surface area (Å²) in [5, 5.41) is 1.14. The van der Waals surface area contributed by atoms with Gasteiger partial charge in [-0.25, -0.2) is 0 Å². The van der Waals surface area contributed by atoms with Crippen LogP contribution < -0.4 is 0 Å². The van der Waals surface area contributed by atoms with Gasteiger partial charge in [0.1, 0.15) is 0 Å². The van der Waals surface area contributed by atoms with Crippen molar-refractivity contribution in [1.82, 2.24) is 0 Å². The monoisotopic (exact) mass is 258 g/mol. The predicted octanol–water partition coefficient (Wildman–Crippen LogP) is 4.05. The van der Waals surface area contributed by atoms with Crippen LogP contribution in [0.15, 0.2) is 34.6 Å². The van der Waals surface area contributed by atoms with Gasteiger partial charge in [-0.05, 0) is 30.5 Å². The number of rotatable bonds is 1. The van der Waals surface area contributed by atoms with Gasteiger partial charge in [0.15, 0.2) is 5.78 Å². The minimum Gasteiger partial charge on any atom is -0.290 e. The maximum absolute atomic E-state index is 12.6. The smallest absolute Gasteiger partial charge is 0.181 e. The van der Waals surface area contributed by atoms with Crippen molar-refractivity contribution in [3.63, 3.8) is 0 Å². The summed E-state index contributed by atoms with van der Waals surface area (Å²) in [7, 11) is -1.60. The first-order chi connectivity index (χ1) is 8.16. The Labute approximate surface area is 111 Å². The molecule has 0 aliphatic heterocycles. The molecule has 3 aliphatic carbocycles. The third kappa shape index (κ3) is 1.07. The zero-order valence-corrected chi connectivity index (χ0v) is 13.1. The molecule has 1 fully saturated rings. The van der Waals surface area contributed by atoms with Crippen LogP contribution in [0.3, 0.4) is 0 Å². The molecule has 1 atom stereocenters. The Bertz CT molecular complexity index is 552. The lowest BCUT2D eigenvalue weighted by molar-refractivity contribution is -0.112. The molecule has 1 nitrogen and oxygen atoms in total. The Hall–Kier alpha value is -0.893.